The van der Waals surface area contributed by atoms with E-state index in [0.717, 1.165) is 0 Å². The van der Waals surface area contributed by atoms with Crippen LogP contribution in [-0.2, 0) is 33.2 Å². The SMILES string of the molecule is Br.O=C(OC[C@@H]1O[C@@H](Br)[C@H](F)[C@H]1OC(=O)c1ccccc1)c1ccccc1.O=C(OC[C@@H]1O[C@H](OC(=O)c2ccccc2)[C@H](F)[C@H]1OC(=O)c1ccccc1)c1ccccc1. The van der Waals surface area contributed by atoms with E-state index in [0.29, 0.717) is 16.7 Å². The van der Waals surface area contributed by atoms with Crippen LogP contribution in [0.25, 0.3) is 0 Å². The van der Waals surface area contributed by atoms with Gasteiger partial charge >= 0.3 is 29.8 Å². The van der Waals surface area contributed by atoms with E-state index in [4.69, 9.17) is 33.2 Å². The van der Waals surface area contributed by atoms with Crippen LogP contribution in [0.1, 0.15) is 51.8 Å². The molecule has 61 heavy (non-hydrogen) atoms. The van der Waals surface area contributed by atoms with E-state index in [2.05, 4.69) is 15.9 Å². The highest BCUT2D eigenvalue weighted by Gasteiger charge is 2.51. The summed E-state index contributed by atoms with van der Waals surface area (Å²) in [5.41, 5.74) is 1.38. The number of ether oxygens (including phenoxy) is 7. The van der Waals surface area contributed by atoms with E-state index in [-0.39, 0.29) is 34.7 Å². The van der Waals surface area contributed by atoms with E-state index >= 15 is 4.39 Å². The normalized spacial score (nSPS) is 22.5. The quantitative estimate of drug-likeness (QED) is 0.0676. The highest BCUT2D eigenvalue weighted by Crippen LogP contribution is 2.32. The Morgan fingerprint density at radius 2 is 0.738 bits per heavy atom. The predicted octanol–water partition coefficient (Wildman–Crippen LogP) is 8.09. The maximum Gasteiger partial charge on any atom is 0.340 e. The Kier molecular flexibility index (Phi) is 17.2. The van der Waals surface area contributed by atoms with Crippen LogP contribution in [0.2, 0.25) is 0 Å². The van der Waals surface area contributed by atoms with Crippen molar-refractivity contribution in [3.63, 3.8) is 0 Å². The molecule has 8 atom stereocenters. The molecule has 318 valence electrons. The van der Waals surface area contributed by atoms with Crippen molar-refractivity contribution in [3.8, 4) is 0 Å². The molecular weight excluding hydrogens is 930 g/mol. The first-order valence-electron chi connectivity index (χ1n) is 18.5. The summed E-state index contributed by atoms with van der Waals surface area (Å²) in [5.74, 6) is -3.47. The monoisotopic (exact) mass is 966 g/mol. The average Bonchev–Trinajstić information content (AvgIpc) is 3.74. The number of halogens is 4. The van der Waals surface area contributed by atoms with Gasteiger partial charge in [0.05, 0.1) is 27.8 Å². The molecule has 2 heterocycles. The summed E-state index contributed by atoms with van der Waals surface area (Å²) < 4.78 is 66.8. The Hall–Kier alpha value is -5.81. The molecule has 0 N–H and O–H groups in total. The van der Waals surface area contributed by atoms with E-state index in [1.165, 1.54) is 24.3 Å². The van der Waals surface area contributed by atoms with Crippen molar-refractivity contribution in [3.05, 3.63) is 179 Å². The van der Waals surface area contributed by atoms with Gasteiger partial charge in [-0.2, -0.15) is 0 Å². The van der Waals surface area contributed by atoms with Crippen LogP contribution in [0.15, 0.2) is 152 Å². The number of hydrogen-bond acceptors (Lipinski definition) is 12. The molecule has 5 aromatic rings. The molecule has 5 aromatic carbocycles. The minimum atomic E-state index is -2.00. The molecule has 0 aromatic heterocycles. The van der Waals surface area contributed by atoms with Gasteiger partial charge in [-0.15, -0.1) is 17.0 Å². The predicted molar refractivity (Wildman–Crippen MR) is 223 cm³/mol. The number of benzene rings is 5. The third-order valence-electron chi connectivity index (χ3n) is 9.00. The number of carbonyl (C=O) groups excluding carboxylic acids is 5. The Morgan fingerprint density at radius 3 is 1.10 bits per heavy atom. The zero-order valence-electron chi connectivity index (χ0n) is 31.9. The largest absolute Gasteiger partial charge is 0.459 e. The Labute approximate surface area is 367 Å². The van der Waals surface area contributed by atoms with Gasteiger partial charge in [0.2, 0.25) is 12.5 Å². The van der Waals surface area contributed by atoms with Crippen LogP contribution in [-0.4, -0.2) is 91.1 Å². The summed E-state index contributed by atoms with van der Waals surface area (Å²) in [5, 5.41) is -0.948. The van der Waals surface area contributed by atoms with Gasteiger partial charge in [-0.05, 0) is 60.7 Å². The number of carbonyl (C=O) groups is 5. The van der Waals surface area contributed by atoms with Crippen molar-refractivity contribution in [2.45, 2.75) is 48.1 Å². The van der Waals surface area contributed by atoms with Gasteiger partial charge < -0.3 is 33.2 Å². The molecule has 0 radical (unpaired) electrons. The first kappa shape index (κ1) is 46.3. The summed E-state index contributed by atoms with van der Waals surface area (Å²) in [6, 6.07) is 40.9. The van der Waals surface area contributed by atoms with Crippen molar-refractivity contribution >= 4 is 62.8 Å². The molecule has 7 rings (SSSR count). The lowest BCUT2D eigenvalue weighted by molar-refractivity contribution is -0.129. The highest BCUT2D eigenvalue weighted by atomic mass is 79.9. The number of esters is 5. The second-order valence-electron chi connectivity index (χ2n) is 13.1. The van der Waals surface area contributed by atoms with E-state index in [1.807, 2.05) is 0 Å². The molecule has 2 fully saturated rings. The van der Waals surface area contributed by atoms with Gasteiger partial charge in [-0.25, -0.2) is 32.8 Å². The van der Waals surface area contributed by atoms with Crippen LogP contribution >= 0.6 is 32.9 Å². The van der Waals surface area contributed by atoms with Crippen molar-refractivity contribution in [1.29, 1.82) is 0 Å². The third kappa shape index (κ3) is 12.6. The van der Waals surface area contributed by atoms with E-state index in [9.17, 15) is 28.4 Å². The fourth-order valence-electron chi connectivity index (χ4n) is 5.91. The zero-order valence-corrected chi connectivity index (χ0v) is 35.2. The molecule has 0 aliphatic carbocycles. The van der Waals surface area contributed by atoms with E-state index in [1.54, 1.807) is 127 Å². The van der Waals surface area contributed by atoms with Crippen molar-refractivity contribution < 1.29 is 65.9 Å². The van der Waals surface area contributed by atoms with Crippen molar-refractivity contribution in [2.24, 2.45) is 0 Å². The molecule has 0 unspecified atom stereocenters. The summed E-state index contributed by atoms with van der Waals surface area (Å²) in [6.45, 7) is -0.650. The van der Waals surface area contributed by atoms with Gasteiger partial charge in [0.15, 0.2) is 18.4 Å². The van der Waals surface area contributed by atoms with Crippen molar-refractivity contribution in [1.82, 2.24) is 0 Å². The highest BCUT2D eigenvalue weighted by molar-refractivity contribution is 9.09. The Balaban J connectivity index is 0.000000235. The fourth-order valence-corrected chi connectivity index (χ4v) is 6.49. The number of hydrogen-bond donors (Lipinski definition) is 0. The lowest BCUT2D eigenvalue weighted by Gasteiger charge is -2.19. The van der Waals surface area contributed by atoms with Crippen LogP contribution in [0.3, 0.4) is 0 Å². The first-order chi connectivity index (χ1) is 29.1. The molecule has 0 saturated carbocycles. The molecule has 16 heteroatoms. The molecule has 2 saturated heterocycles. The first-order valence-corrected chi connectivity index (χ1v) is 19.5. The van der Waals surface area contributed by atoms with Gasteiger partial charge in [0.25, 0.3) is 0 Å². The van der Waals surface area contributed by atoms with Crippen LogP contribution < -0.4 is 0 Å². The number of rotatable bonds is 12. The Bertz CT molecular complexity index is 2190. The number of alkyl halides is 3. The smallest absolute Gasteiger partial charge is 0.340 e. The lowest BCUT2D eigenvalue weighted by atomic mass is 10.1. The molecule has 0 spiro atoms. The van der Waals surface area contributed by atoms with Gasteiger partial charge in [-0.3, -0.25) is 0 Å². The van der Waals surface area contributed by atoms with Gasteiger partial charge in [-0.1, -0.05) is 107 Å². The van der Waals surface area contributed by atoms with Crippen LogP contribution in [0.4, 0.5) is 8.78 Å². The maximum absolute atomic E-state index is 15.3. The molecule has 0 bridgehead atoms. The Morgan fingerprint density at radius 1 is 0.443 bits per heavy atom. The summed E-state index contributed by atoms with van der Waals surface area (Å²) in [6.07, 6.45) is -9.98. The summed E-state index contributed by atoms with van der Waals surface area (Å²) in [4.78, 5) is 61.5. The van der Waals surface area contributed by atoms with Gasteiger partial charge in [0.1, 0.15) is 30.4 Å². The van der Waals surface area contributed by atoms with Crippen LogP contribution in [0, 0.1) is 0 Å². The lowest BCUT2D eigenvalue weighted by Crippen LogP contribution is -2.37. The molecule has 0 amide bonds. The van der Waals surface area contributed by atoms with Crippen molar-refractivity contribution in [2.75, 3.05) is 13.2 Å². The summed E-state index contributed by atoms with van der Waals surface area (Å²) >= 11 is 3.05. The second kappa shape index (κ2) is 22.7. The molecule has 2 aliphatic heterocycles. The average molecular weight is 969 g/mol. The zero-order chi connectivity index (χ0) is 42.4. The molecular formula is C45H38Br2F2O12. The minimum Gasteiger partial charge on any atom is -0.459 e. The van der Waals surface area contributed by atoms with Crippen LogP contribution in [0.5, 0.6) is 0 Å². The summed E-state index contributed by atoms with van der Waals surface area (Å²) in [7, 11) is 0. The minimum absolute atomic E-state index is 0. The standard InChI is InChI=1S/C26H21FO7.C19H16BrFO5.BrH/c27-21-22(33-24(29)18-12-6-2-7-13-18)20(16-31-23(28)17-10-4-1-5-11-17)32-26(21)34-25(30)19-14-8-3-9-15-19;20-17-15(21)16(26-19(23)13-9-5-2-6-10-13)14(25-17)11-24-18(22)12-7-3-1-4-8-12;/h1-15,20-22,26H,16H2;1-10,14-17H,11H2;1H/t20-,21+,22-,26+;14-,15+,16-,17+;/m00./s1. The fraction of sp³-hybridized carbons (Fsp3) is 0.222. The molecule has 12 nitrogen and oxygen atoms in total. The van der Waals surface area contributed by atoms with Gasteiger partial charge in [0, 0.05) is 0 Å². The third-order valence-corrected chi connectivity index (χ3v) is 9.72. The van der Waals surface area contributed by atoms with E-state index < -0.39 is 84.5 Å². The topological polar surface area (TPSA) is 150 Å². The molecule has 2 aliphatic rings. The maximum atomic E-state index is 15.3. The second-order valence-corrected chi connectivity index (χ2v) is 14.0.